The van der Waals surface area contributed by atoms with Gasteiger partial charge < -0.3 is 9.47 Å². The molecule has 1 aromatic carbocycles. The molecule has 15 heteroatoms. The molecular weight excluding hydrogens is 626 g/mol. The topological polar surface area (TPSA) is 51.7 Å². The molecule has 2 unspecified atom stereocenters. The Morgan fingerprint density at radius 1 is 1.04 bits per heavy atom. The highest BCUT2D eigenvalue weighted by Gasteiger charge is 2.43. The van der Waals surface area contributed by atoms with E-state index in [0.717, 1.165) is 17.2 Å². The van der Waals surface area contributed by atoms with Gasteiger partial charge in [-0.3, -0.25) is 9.88 Å². The van der Waals surface area contributed by atoms with Crippen molar-refractivity contribution in [2.45, 2.75) is 70.8 Å². The van der Waals surface area contributed by atoms with E-state index in [2.05, 4.69) is 11.6 Å². The van der Waals surface area contributed by atoms with Crippen LogP contribution in [0.4, 0.5) is 48.7 Å². The summed E-state index contributed by atoms with van der Waals surface area (Å²) in [5.41, 5.74) is -4.74. The van der Waals surface area contributed by atoms with Crippen LogP contribution in [0.1, 0.15) is 50.4 Å². The lowest BCUT2D eigenvalue weighted by atomic mass is 9.93. The van der Waals surface area contributed by atoms with E-state index in [1.165, 1.54) is 20.1 Å². The Bertz CT molecular complexity index is 1520. The van der Waals surface area contributed by atoms with Gasteiger partial charge in [0.25, 0.3) is 0 Å². The average molecular weight is 655 g/mol. The molecule has 2 aromatic rings. The first-order valence-corrected chi connectivity index (χ1v) is 13.2. The largest absolute Gasteiger partial charge is 0.496 e. The third kappa shape index (κ3) is 7.98. The van der Waals surface area contributed by atoms with Crippen LogP contribution in [0.2, 0.25) is 0 Å². The van der Waals surface area contributed by atoms with Gasteiger partial charge in [0.2, 0.25) is 0 Å². The number of pyridine rings is 1. The maximum absolute atomic E-state index is 14.7. The van der Waals surface area contributed by atoms with Crippen LogP contribution in [-0.4, -0.2) is 47.6 Å². The number of aromatic nitrogens is 1. The van der Waals surface area contributed by atoms with E-state index < -0.39 is 71.5 Å². The van der Waals surface area contributed by atoms with Gasteiger partial charge in [-0.2, -0.15) is 39.5 Å². The van der Waals surface area contributed by atoms with Gasteiger partial charge in [0.05, 0.1) is 19.7 Å². The molecule has 1 aliphatic rings. The minimum Gasteiger partial charge on any atom is -0.496 e. The number of amides is 1. The molecule has 5 nitrogen and oxygen atoms in total. The Labute approximate surface area is 251 Å². The molecule has 1 aliphatic heterocycles. The Balaban J connectivity index is 2.17. The van der Waals surface area contributed by atoms with Gasteiger partial charge in [-0.1, -0.05) is 20.4 Å². The molecule has 2 atom stereocenters. The lowest BCUT2D eigenvalue weighted by Crippen LogP contribution is -2.34. The summed E-state index contributed by atoms with van der Waals surface area (Å²) in [6.45, 7) is 7.40. The Morgan fingerprint density at radius 3 is 2.18 bits per heavy atom. The summed E-state index contributed by atoms with van der Waals surface area (Å²) in [4.78, 5) is 17.3. The summed E-state index contributed by atoms with van der Waals surface area (Å²) in [6, 6.07) is 1.75. The number of hydrogen-bond donors (Lipinski definition) is 0. The third-order valence-corrected chi connectivity index (χ3v) is 7.11. The predicted molar refractivity (Wildman–Crippen MR) is 144 cm³/mol. The fourth-order valence-corrected chi connectivity index (χ4v) is 4.58. The number of rotatable bonds is 8. The number of carbonyl (C=O) groups is 1. The first-order chi connectivity index (χ1) is 20.6. The maximum Gasteiger partial charge on any atom is 0.433 e. The first-order valence-electron chi connectivity index (χ1n) is 13.2. The lowest BCUT2D eigenvalue weighted by molar-refractivity contribution is -0.141. The molecule has 1 amide bonds. The van der Waals surface area contributed by atoms with Gasteiger partial charge in [-0.25, -0.2) is 9.18 Å². The lowest BCUT2D eigenvalue weighted by Gasteiger charge is -2.24. The number of cyclic esters (lactones) is 1. The van der Waals surface area contributed by atoms with E-state index in [0.29, 0.717) is 25.1 Å². The van der Waals surface area contributed by atoms with Crippen LogP contribution in [-0.2, 0) is 17.5 Å². The van der Waals surface area contributed by atoms with Gasteiger partial charge in [0, 0.05) is 34.5 Å². The molecule has 0 radical (unpaired) electrons. The molecule has 0 bridgehead atoms. The van der Waals surface area contributed by atoms with Crippen molar-refractivity contribution in [2.24, 2.45) is 0 Å². The minimum absolute atomic E-state index is 0.000716. The van der Waals surface area contributed by atoms with Crippen LogP contribution in [0.25, 0.3) is 11.1 Å². The molecular formula is C30H28F10N2O3. The molecule has 1 aromatic heterocycles. The summed E-state index contributed by atoms with van der Waals surface area (Å²) >= 11 is 0. The quantitative estimate of drug-likeness (QED) is 0.210. The van der Waals surface area contributed by atoms with Crippen molar-refractivity contribution in [1.29, 1.82) is 0 Å². The van der Waals surface area contributed by atoms with Crippen molar-refractivity contribution in [2.75, 3.05) is 7.11 Å². The predicted octanol–water partition coefficient (Wildman–Crippen LogP) is 9.30. The second kappa shape index (κ2) is 12.8. The van der Waals surface area contributed by atoms with Crippen LogP contribution < -0.4 is 4.74 Å². The number of halogens is 10. The van der Waals surface area contributed by atoms with Crippen LogP contribution in [0.15, 0.2) is 59.8 Å². The van der Waals surface area contributed by atoms with Gasteiger partial charge in [0.15, 0.2) is 0 Å². The number of hydrogen-bond acceptors (Lipinski definition) is 4. The van der Waals surface area contributed by atoms with E-state index in [1.807, 2.05) is 0 Å². The Kier molecular flexibility index (Phi) is 10.0. The van der Waals surface area contributed by atoms with E-state index in [9.17, 15) is 48.7 Å². The summed E-state index contributed by atoms with van der Waals surface area (Å²) < 4.78 is 146. The summed E-state index contributed by atoms with van der Waals surface area (Å²) in [7, 11) is 1.20. The molecule has 0 spiro atoms. The number of carbonyl (C=O) groups excluding carboxylic acids is 1. The van der Waals surface area contributed by atoms with E-state index in [-0.39, 0.29) is 33.9 Å². The monoisotopic (exact) mass is 654 g/mol. The van der Waals surface area contributed by atoms with Crippen LogP contribution in [0, 0.1) is 5.82 Å². The van der Waals surface area contributed by atoms with Crippen molar-refractivity contribution >= 4 is 6.09 Å². The van der Waals surface area contributed by atoms with E-state index >= 15 is 0 Å². The van der Waals surface area contributed by atoms with Crippen molar-refractivity contribution in [1.82, 2.24) is 9.88 Å². The second-order valence-electron chi connectivity index (χ2n) is 10.6. The number of benzene rings is 1. The smallest absolute Gasteiger partial charge is 0.433 e. The SMILES string of the molecule is C=C(/C=C(\C=C(/C)C(F)(F)F)C1OC(=O)N(Cc2cc(C(F)(F)F)ncc2-c2cc(C(C)C)c(F)cc2OC)C1C)C(F)(F)F. The summed E-state index contributed by atoms with van der Waals surface area (Å²) in [5.74, 6) is -1.08. The standard InChI is InChI=1S/C30H28F10N2O3/c1-14(2)20-10-21(24(44-6)11-23(20)31)22-12-41-25(30(38,39)40)9-19(22)13-42-17(5)26(45-27(42)43)18(7-15(3)28(32,33)34)8-16(4)29(35,36)37/h7-12,14,17,26H,3,13H2,1-2,4-6H3/b16-8+,18-7+. The molecule has 246 valence electrons. The minimum atomic E-state index is -5.03. The number of methoxy groups -OCH3 is 1. The zero-order valence-corrected chi connectivity index (χ0v) is 24.5. The maximum atomic E-state index is 14.7. The second-order valence-corrected chi connectivity index (χ2v) is 10.6. The highest BCUT2D eigenvalue weighted by Crippen LogP contribution is 2.40. The number of ether oxygens (including phenoxy) is 2. The summed E-state index contributed by atoms with van der Waals surface area (Å²) in [6.07, 6.45) is -16.3. The number of allylic oxidation sites excluding steroid dienone is 3. The van der Waals surface area contributed by atoms with Crippen molar-refractivity contribution < 1.29 is 58.2 Å². The van der Waals surface area contributed by atoms with Gasteiger partial charge in [-0.15, -0.1) is 0 Å². The molecule has 1 saturated heterocycles. The average Bonchev–Trinajstić information content (AvgIpc) is 3.19. The number of alkyl halides is 9. The van der Waals surface area contributed by atoms with Crippen LogP contribution in [0.3, 0.4) is 0 Å². The molecule has 2 heterocycles. The molecule has 3 rings (SSSR count). The van der Waals surface area contributed by atoms with Crippen molar-refractivity contribution in [3.8, 4) is 16.9 Å². The molecule has 0 N–H and O–H groups in total. The van der Waals surface area contributed by atoms with Crippen molar-refractivity contribution in [3.63, 3.8) is 0 Å². The van der Waals surface area contributed by atoms with E-state index in [4.69, 9.17) is 9.47 Å². The first kappa shape index (κ1) is 35.4. The van der Waals surface area contributed by atoms with E-state index in [1.54, 1.807) is 13.8 Å². The van der Waals surface area contributed by atoms with Gasteiger partial charge in [-0.05, 0) is 60.8 Å². The van der Waals surface area contributed by atoms with Crippen molar-refractivity contribution in [3.05, 3.63) is 82.5 Å². The van der Waals surface area contributed by atoms with Gasteiger partial charge >= 0.3 is 24.6 Å². The zero-order valence-electron chi connectivity index (χ0n) is 24.5. The molecule has 0 saturated carbocycles. The highest BCUT2D eigenvalue weighted by atomic mass is 19.4. The number of nitrogens with zero attached hydrogens (tertiary/aromatic N) is 2. The Hall–Kier alpha value is -4.04. The Morgan fingerprint density at radius 2 is 1.67 bits per heavy atom. The molecule has 0 aliphatic carbocycles. The zero-order chi connectivity index (χ0) is 34.2. The summed E-state index contributed by atoms with van der Waals surface area (Å²) in [5, 5.41) is 0. The third-order valence-electron chi connectivity index (χ3n) is 7.11. The normalized spacial score (nSPS) is 18.5. The van der Waals surface area contributed by atoms with Crippen LogP contribution in [0.5, 0.6) is 5.75 Å². The molecule has 1 fully saturated rings. The van der Waals surface area contributed by atoms with Gasteiger partial charge in [0.1, 0.15) is 23.4 Å². The molecule has 45 heavy (non-hydrogen) atoms. The fraction of sp³-hybridized carbons (Fsp3) is 0.400. The van der Waals surface area contributed by atoms with Crippen LogP contribution >= 0.6 is 0 Å². The fourth-order valence-electron chi connectivity index (χ4n) is 4.58. The highest BCUT2D eigenvalue weighted by molar-refractivity contribution is 5.76.